The molecule has 0 bridgehead atoms. The number of nitrogens with one attached hydrogen (secondary N) is 1. The van der Waals surface area contributed by atoms with E-state index in [-0.39, 0.29) is 12.4 Å². The van der Waals surface area contributed by atoms with Gasteiger partial charge in [0.15, 0.2) is 0 Å². The smallest absolute Gasteiger partial charge is 0.122 e. The number of benzene rings is 2. The fourth-order valence-corrected chi connectivity index (χ4v) is 2.99. The zero-order valence-corrected chi connectivity index (χ0v) is 14.2. The number of methoxy groups -OCH3 is 1. The molecule has 0 radical (unpaired) electrons. The summed E-state index contributed by atoms with van der Waals surface area (Å²) in [6, 6.07) is 15.7. The predicted molar refractivity (Wildman–Crippen MR) is 94.1 cm³/mol. The maximum absolute atomic E-state index is 5.37. The largest absolute Gasteiger partial charge is 0.496 e. The lowest BCUT2D eigenvalue weighted by Crippen LogP contribution is -2.18. The second kappa shape index (κ2) is 7.17. The van der Waals surface area contributed by atoms with E-state index < -0.39 is 0 Å². The summed E-state index contributed by atoms with van der Waals surface area (Å²) in [6.07, 6.45) is 1.25. The summed E-state index contributed by atoms with van der Waals surface area (Å²) in [5.74, 6) is 1.66. The zero-order chi connectivity index (χ0) is 14.8. The molecule has 3 rings (SSSR count). The molecule has 0 amide bonds. The van der Waals surface area contributed by atoms with Crippen molar-refractivity contribution >= 4 is 12.4 Å². The topological polar surface area (TPSA) is 21.3 Å². The second-order valence-corrected chi connectivity index (χ2v) is 5.92. The van der Waals surface area contributed by atoms with Gasteiger partial charge in [-0.25, -0.2) is 0 Å². The molecule has 0 heterocycles. The number of hydrogen-bond acceptors (Lipinski definition) is 2. The summed E-state index contributed by atoms with van der Waals surface area (Å²) in [4.78, 5) is 0. The van der Waals surface area contributed by atoms with Crippen molar-refractivity contribution in [2.45, 2.75) is 38.8 Å². The zero-order valence-electron chi connectivity index (χ0n) is 13.4. The highest BCUT2D eigenvalue weighted by atomic mass is 35.5. The molecule has 0 aromatic heterocycles. The highest BCUT2D eigenvalue weighted by Gasteiger charge is 2.37. The van der Waals surface area contributed by atoms with E-state index in [1.165, 1.54) is 28.7 Å². The van der Waals surface area contributed by atoms with Crippen LogP contribution in [-0.4, -0.2) is 13.2 Å². The first-order valence-electron chi connectivity index (χ1n) is 7.62. The monoisotopic (exact) mass is 317 g/mol. The van der Waals surface area contributed by atoms with Gasteiger partial charge >= 0.3 is 0 Å². The minimum absolute atomic E-state index is 0. The molecule has 1 fully saturated rings. The molecule has 1 aliphatic carbocycles. The van der Waals surface area contributed by atoms with Crippen molar-refractivity contribution in [3.63, 3.8) is 0 Å². The Kier molecular flexibility index (Phi) is 5.49. The Morgan fingerprint density at radius 1 is 1.05 bits per heavy atom. The molecule has 1 aliphatic rings. The Labute approximate surface area is 139 Å². The SMILES string of the molecule is COc1ccc(CN[C@H]2CC2c2ccccc2)c(C)c1C.Cl. The number of rotatable bonds is 5. The average molecular weight is 318 g/mol. The van der Waals surface area contributed by atoms with Crippen LogP contribution in [0.25, 0.3) is 0 Å². The molecule has 0 aliphatic heterocycles. The summed E-state index contributed by atoms with van der Waals surface area (Å²) in [5, 5.41) is 3.69. The molecule has 1 saturated carbocycles. The third kappa shape index (κ3) is 3.45. The van der Waals surface area contributed by atoms with Gasteiger partial charge in [-0.15, -0.1) is 12.4 Å². The van der Waals surface area contributed by atoms with Crippen molar-refractivity contribution in [2.75, 3.05) is 7.11 Å². The Balaban J connectivity index is 0.00000176. The molecule has 2 aromatic carbocycles. The number of ether oxygens (including phenoxy) is 1. The van der Waals surface area contributed by atoms with E-state index >= 15 is 0 Å². The lowest BCUT2D eigenvalue weighted by Gasteiger charge is -2.13. The van der Waals surface area contributed by atoms with Gasteiger partial charge in [-0.05, 0) is 48.6 Å². The van der Waals surface area contributed by atoms with E-state index in [2.05, 4.69) is 61.6 Å². The summed E-state index contributed by atoms with van der Waals surface area (Å²) in [7, 11) is 1.73. The molecule has 1 unspecified atom stereocenters. The van der Waals surface area contributed by atoms with Crippen LogP contribution < -0.4 is 10.1 Å². The van der Waals surface area contributed by atoms with Crippen molar-refractivity contribution < 1.29 is 4.74 Å². The third-order valence-electron chi connectivity index (χ3n) is 4.64. The van der Waals surface area contributed by atoms with E-state index in [0.29, 0.717) is 12.0 Å². The summed E-state index contributed by atoms with van der Waals surface area (Å²) in [5.41, 5.74) is 5.40. The van der Waals surface area contributed by atoms with Crippen molar-refractivity contribution in [3.05, 3.63) is 64.7 Å². The van der Waals surface area contributed by atoms with Crippen LogP contribution in [0.3, 0.4) is 0 Å². The Hall–Kier alpha value is -1.51. The van der Waals surface area contributed by atoms with Crippen molar-refractivity contribution in [1.29, 1.82) is 0 Å². The standard InChI is InChI=1S/C19H23NO.ClH/c1-13-14(2)19(21-3)10-9-16(13)12-20-18-11-17(18)15-7-5-4-6-8-15;/h4-10,17-18,20H,11-12H2,1-3H3;1H/t17?,18-;/m0./s1. The molecular formula is C19H24ClNO. The maximum Gasteiger partial charge on any atom is 0.122 e. The maximum atomic E-state index is 5.37. The summed E-state index contributed by atoms with van der Waals surface area (Å²) in [6.45, 7) is 5.24. The molecule has 118 valence electrons. The molecule has 0 spiro atoms. The van der Waals surface area contributed by atoms with Crippen LogP contribution in [0.1, 0.15) is 34.6 Å². The normalized spacial score (nSPS) is 19.4. The first-order chi connectivity index (χ1) is 10.2. The molecule has 2 aromatic rings. The van der Waals surface area contributed by atoms with E-state index in [1.54, 1.807) is 7.11 Å². The van der Waals surface area contributed by atoms with Crippen molar-refractivity contribution in [2.24, 2.45) is 0 Å². The summed E-state index contributed by atoms with van der Waals surface area (Å²) < 4.78 is 5.37. The van der Waals surface area contributed by atoms with Crippen molar-refractivity contribution in [1.82, 2.24) is 5.32 Å². The first kappa shape index (κ1) is 16.9. The number of halogens is 1. The highest BCUT2D eigenvalue weighted by Crippen LogP contribution is 2.40. The van der Waals surface area contributed by atoms with Gasteiger partial charge < -0.3 is 10.1 Å². The lowest BCUT2D eigenvalue weighted by atomic mass is 10.0. The molecule has 1 N–H and O–H groups in total. The van der Waals surface area contributed by atoms with E-state index in [9.17, 15) is 0 Å². The van der Waals surface area contributed by atoms with Crippen molar-refractivity contribution in [3.8, 4) is 5.75 Å². The van der Waals surface area contributed by atoms with Gasteiger partial charge in [-0.3, -0.25) is 0 Å². The molecule has 22 heavy (non-hydrogen) atoms. The van der Waals surface area contributed by atoms with Gasteiger partial charge in [0, 0.05) is 18.5 Å². The van der Waals surface area contributed by atoms with E-state index in [1.807, 2.05) is 0 Å². The van der Waals surface area contributed by atoms with E-state index in [4.69, 9.17) is 4.74 Å². The van der Waals surface area contributed by atoms with Gasteiger partial charge in [0.2, 0.25) is 0 Å². The van der Waals surface area contributed by atoms with Gasteiger partial charge in [0.05, 0.1) is 7.11 Å². The van der Waals surface area contributed by atoms with E-state index in [0.717, 1.165) is 12.3 Å². The van der Waals surface area contributed by atoms with Crippen LogP contribution in [0.5, 0.6) is 5.75 Å². The fourth-order valence-electron chi connectivity index (χ4n) is 2.99. The minimum atomic E-state index is 0. The molecule has 3 heteroatoms. The Morgan fingerprint density at radius 2 is 1.77 bits per heavy atom. The van der Waals surface area contributed by atoms with Gasteiger partial charge in [0.25, 0.3) is 0 Å². The van der Waals surface area contributed by atoms with Gasteiger partial charge in [-0.2, -0.15) is 0 Å². The number of hydrogen-bond donors (Lipinski definition) is 1. The highest BCUT2D eigenvalue weighted by molar-refractivity contribution is 5.85. The Bertz CT molecular complexity index is 627. The molecular weight excluding hydrogens is 294 g/mol. The van der Waals surface area contributed by atoms with Crippen LogP contribution in [-0.2, 0) is 6.54 Å². The first-order valence-corrected chi connectivity index (χ1v) is 7.62. The van der Waals surface area contributed by atoms with Crippen LogP contribution in [0, 0.1) is 13.8 Å². The molecule has 0 saturated heterocycles. The second-order valence-electron chi connectivity index (χ2n) is 5.92. The van der Waals surface area contributed by atoms with Crippen LogP contribution in [0.4, 0.5) is 0 Å². The minimum Gasteiger partial charge on any atom is -0.496 e. The van der Waals surface area contributed by atoms with Gasteiger partial charge in [0.1, 0.15) is 5.75 Å². The average Bonchev–Trinajstić information content (AvgIpc) is 3.29. The van der Waals surface area contributed by atoms with Gasteiger partial charge in [-0.1, -0.05) is 36.4 Å². The summed E-state index contributed by atoms with van der Waals surface area (Å²) >= 11 is 0. The van der Waals surface area contributed by atoms with Crippen LogP contribution >= 0.6 is 12.4 Å². The quantitative estimate of drug-likeness (QED) is 0.883. The lowest BCUT2D eigenvalue weighted by molar-refractivity contribution is 0.411. The predicted octanol–water partition coefficient (Wildman–Crippen LogP) is 4.38. The Morgan fingerprint density at radius 3 is 2.45 bits per heavy atom. The molecule has 2 atom stereocenters. The third-order valence-corrected chi connectivity index (χ3v) is 4.64. The van der Waals surface area contributed by atoms with Crippen LogP contribution in [0.15, 0.2) is 42.5 Å². The van der Waals surface area contributed by atoms with Crippen LogP contribution in [0.2, 0.25) is 0 Å². The fraction of sp³-hybridized carbons (Fsp3) is 0.368. The molecule has 2 nitrogen and oxygen atoms in total.